The van der Waals surface area contributed by atoms with Crippen LogP contribution in [0.3, 0.4) is 0 Å². The van der Waals surface area contributed by atoms with Gasteiger partial charge in [-0.1, -0.05) is 6.42 Å². The fourth-order valence-corrected chi connectivity index (χ4v) is 1.85. The molecule has 0 radical (unpaired) electrons. The van der Waals surface area contributed by atoms with Gasteiger partial charge >= 0.3 is 13.6 Å². The first kappa shape index (κ1) is 14.0. The van der Waals surface area contributed by atoms with Gasteiger partial charge in [-0.15, -0.1) is 0 Å². The van der Waals surface area contributed by atoms with Crippen LogP contribution in [-0.2, 0) is 18.1 Å². The molecule has 0 aliphatic rings. The quantitative estimate of drug-likeness (QED) is 0.234. The number of unbranched alkanes of at least 4 members (excludes halogenated alkanes) is 2. The molecule has 0 fully saturated rings. The van der Waals surface area contributed by atoms with Crippen molar-refractivity contribution in [2.24, 2.45) is 0 Å². The summed E-state index contributed by atoms with van der Waals surface area (Å²) in [7, 11) is -2.16. The van der Waals surface area contributed by atoms with Gasteiger partial charge in [0, 0.05) is 6.42 Å². The molecule has 7 heteroatoms. The molecule has 1 atom stereocenters. The smallest absolute Gasteiger partial charge is 0.338 e. The molecular weight excluding hydrogens is 227 g/mol. The van der Waals surface area contributed by atoms with Gasteiger partial charge in [-0.25, -0.2) is 3.97 Å². The maximum Gasteiger partial charge on any atom is 0.338 e. The van der Waals surface area contributed by atoms with Crippen molar-refractivity contribution in [2.45, 2.75) is 25.7 Å². The molecule has 0 saturated carbocycles. The van der Waals surface area contributed by atoms with Crippen molar-refractivity contribution in [1.82, 2.24) is 0 Å². The van der Waals surface area contributed by atoms with Gasteiger partial charge in [-0.2, -0.15) is 0 Å². The lowest BCUT2D eigenvalue weighted by atomic mass is 10.2. The molecule has 0 aliphatic carbocycles. The van der Waals surface area contributed by atoms with Crippen molar-refractivity contribution in [3.63, 3.8) is 0 Å². The van der Waals surface area contributed by atoms with E-state index in [-0.39, 0.29) is 12.1 Å². The highest BCUT2D eigenvalue weighted by atomic mass is 32.1. The lowest BCUT2D eigenvalue weighted by molar-refractivity contribution is -0.140. The summed E-state index contributed by atoms with van der Waals surface area (Å²) in [5.74, 6) is -0.261. The summed E-state index contributed by atoms with van der Waals surface area (Å²) in [4.78, 5) is 19.6. The third kappa shape index (κ3) is 7.38. The van der Waals surface area contributed by atoms with Gasteiger partial charge in [0.05, 0.1) is 13.3 Å². The fourth-order valence-electron chi connectivity index (χ4n) is 0.901. The van der Waals surface area contributed by atoms with E-state index in [9.17, 15) is 9.36 Å². The Kier molecular flexibility index (Phi) is 7.27. The Hall–Kier alpha value is -0.0300. The first-order valence-corrected chi connectivity index (χ1v) is 6.36. The van der Waals surface area contributed by atoms with Gasteiger partial charge < -0.3 is 9.63 Å². The molecule has 0 aliphatic heterocycles. The molecule has 0 saturated heterocycles. The molecule has 0 spiro atoms. The Labute approximate surface area is 88.9 Å². The third-order valence-corrected chi connectivity index (χ3v) is 3.58. The molecule has 0 heterocycles. The molecule has 84 valence electrons. The second-order valence-electron chi connectivity index (χ2n) is 2.83. The summed E-state index contributed by atoms with van der Waals surface area (Å²) in [6, 6.07) is 0. The summed E-state index contributed by atoms with van der Waals surface area (Å²) in [6.45, 7) is 0. The maximum atomic E-state index is 10.9. The molecule has 0 bridgehead atoms. The van der Waals surface area contributed by atoms with Crippen LogP contribution in [0.15, 0.2) is 0 Å². The summed E-state index contributed by atoms with van der Waals surface area (Å²) in [5, 5.41) is 0. The minimum absolute atomic E-state index is 0.0671. The number of ether oxygens (including phenoxy) is 1. The van der Waals surface area contributed by atoms with Crippen molar-refractivity contribution < 1.29 is 23.0 Å². The number of hydrogen-bond acceptors (Lipinski definition) is 5. The molecular formula is C7H15O5PS. The monoisotopic (exact) mass is 242 g/mol. The van der Waals surface area contributed by atoms with E-state index in [4.69, 9.17) is 4.89 Å². The summed E-state index contributed by atoms with van der Waals surface area (Å²) in [5.41, 5.74) is 0. The predicted molar refractivity (Wildman–Crippen MR) is 55.2 cm³/mol. The second-order valence-corrected chi connectivity index (χ2v) is 5.20. The number of hydrogen-bond donors (Lipinski definition) is 2. The van der Waals surface area contributed by atoms with Gasteiger partial charge in [-0.05, 0) is 25.8 Å². The Morgan fingerprint density at radius 2 is 2.07 bits per heavy atom. The predicted octanol–water partition coefficient (Wildman–Crippen LogP) is 1.77. The van der Waals surface area contributed by atoms with E-state index < -0.39 is 7.60 Å². The van der Waals surface area contributed by atoms with E-state index in [0.717, 1.165) is 0 Å². The summed E-state index contributed by atoms with van der Waals surface area (Å²) < 4.78 is 19.4. The van der Waals surface area contributed by atoms with Gasteiger partial charge in [0.15, 0.2) is 0 Å². The largest absolute Gasteiger partial charge is 0.469 e. The van der Waals surface area contributed by atoms with E-state index in [0.29, 0.717) is 25.7 Å². The van der Waals surface area contributed by atoms with Gasteiger partial charge in [0.25, 0.3) is 0 Å². The lowest BCUT2D eigenvalue weighted by Gasteiger charge is -2.06. The molecule has 0 aromatic carbocycles. The molecule has 0 amide bonds. The average Bonchev–Trinajstić information content (AvgIpc) is 2.17. The van der Waals surface area contributed by atoms with E-state index in [1.807, 2.05) is 0 Å². The zero-order valence-electron chi connectivity index (χ0n) is 8.01. The average molecular weight is 242 g/mol. The number of esters is 1. The van der Waals surface area contributed by atoms with Crippen LogP contribution < -0.4 is 0 Å². The van der Waals surface area contributed by atoms with Gasteiger partial charge in [-0.3, -0.25) is 9.36 Å². The minimum Gasteiger partial charge on any atom is -0.469 e. The van der Waals surface area contributed by atoms with Crippen LogP contribution in [0.5, 0.6) is 0 Å². The van der Waals surface area contributed by atoms with Crippen LogP contribution in [0.25, 0.3) is 0 Å². The Morgan fingerprint density at radius 1 is 1.43 bits per heavy atom. The third-order valence-electron chi connectivity index (χ3n) is 1.68. The first-order valence-electron chi connectivity index (χ1n) is 4.23. The topological polar surface area (TPSA) is 72.8 Å². The second kappa shape index (κ2) is 7.29. The highest BCUT2D eigenvalue weighted by Gasteiger charge is 2.16. The maximum absolute atomic E-state index is 10.9. The van der Waals surface area contributed by atoms with Crippen molar-refractivity contribution in [2.75, 3.05) is 13.3 Å². The molecule has 14 heavy (non-hydrogen) atoms. The van der Waals surface area contributed by atoms with Crippen molar-refractivity contribution in [1.29, 1.82) is 0 Å². The number of methoxy groups -OCH3 is 1. The zero-order valence-corrected chi connectivity index (χ0v) is 9.80. The molecule has 5 nitrogen and oxygen atoms in total. The van der Waals surface area contributed by atoms with Crippen molar-refractivity contribution in [3.8, 4) is 0 Å². The van der Waals surface area contributed by atoms with Crippen LogP contribution in [0.2, 0.25) is 0 Å². The van der Waals surface area contributed by atoms with Crippen LogP contribution in [0.4, 0.5) is 0 Å². The Balaban J connectivity index is 3.39. The lowest BCUT2D eigenvalue weighted by Crippen LogP contribution is -1.99. The van der Waals surface area contributed by atoms with Gasteiger partial charge in [0.2, 0.25) is 0 Å². The highest BCUT2D eigenvalue weighted by Crippen LogP contribution is 2.43. The van der Waals surface area contributed by atoms with Crippen LogP contribution >= 0.6 is 20.5 Å². The highest BCUT2D eigenvalue weighted by molar-refractivity contribution is 7.81. The SMILES string of the molecule is COC(=O)CCCCCP(=O)(O)OS. The number of rotatable bonds is 7. The van der Waals surface area contributed by atoms with Crippen LogP contribution in [0, 0.1) is 0 Å². The normalized spacial score (nSPS) is 14.8. The molecule has 1 N–H and O–H groups in total. The summed E-state index contributed by atoms with van der Waals surface area (Å²) in [6.07, 6.45) is 2.28. The molecule has 1 unspecified atom stereocenters. The van der Waals surface area contributed by atoms with E-state index in [1.54, 1.807) is 0 Å². The van der Waals surface area contributed by atoms with Crippen LogP contribution in [0.1, 0.15) is 25.7 Å². The van der Waals surface area contributed by atoms with E-state index in [2.05, 4.69) is 21.6 Å². The molecule has 0 rings (SSSR count). The van der Waals surface area contributed by atoms with Gasteiger partial charge in [0.1, 0.15) is 0 Å². The Morgan fingerprint density at radius 3 is 2.57 bits per heavy atom. The summed E-state index contributed by atoms with van der Waals surface area (Å²) >= 11 is 3.29. The van der Waals surface area contributed by atoms with E-state index >= 15 is 0 Å². The van der Waals surface area contributed by atoms with Crippen LogP contribution in [-0.4, -0.2) is 24.1 Å². The Bertz CT molecular complexity index is 220. The zero-order chi connectivity index (χ0) is 11.0. The standard InChI is InChI=1S/C7H15O5PS/c1-11-7(8)5-3-2-4-6-13(9,10)12-14/h14H,2-6H2,1H3,(H,9,10). The number of carbonyl (C=O) groups is 1. The minimum atomic E-state index is -3.50. The molecule has 0 aromatic rings. The molecule has 0 aromatic heterocycles. The fraction of sp³-hybridized carbons (Fsp3) is 0.857. The van der Waals surface area contributed by atoms with Crippen molar-refractivity contribution >= 4 is 26.5 Å². The van der Waals surface area contributed by atoms with Crippen molar-refractivity contribution in [3.05, 3.63) is 0 Å². The first-order chi connectivity index (χ1) is 6.52. The number of thiol groups is 1. The number of carbonyl (C=O) groups excluding carboxylic acids is 1. The van der Waals surface area contributed by atoms with E-state index in [1.165, 1.54) is 7.11 Å².